The monoisotopic (exact) mass is 684 g/mol. The summed E-state index contributed by atoms with van der Waals surface area (Å²) in [6.45, 7) is 10.4. The number of benzene rings is 3. The van der Waals surface area contributed by atoms with Crippen LogP contribution in [0.5, 0.6) is 11.5 Å². The number of carbonyl (C=O) groups is 1. The summed E-state index contributed by atoms with van der Waals surface area (Å²) < 4.78 is 17.3. The maximum absolute atomic E-state index is 11.0. The Hall–Kier alpha value is -4.98. The predicted octanol–water partition coefficient (Wildman–Crippen LogP) is 9.99. The number of aromatic nitrogens is 1. The molecule has 0 spiro atoms. The van der Waals surface area contributed by atoms with Crippen molar-refractivity contribution >= 4 is 65.4 Å². The van der Waals surface area contributed by atoms with Crippen molar-refractivity contribution in [3.8, 4) is 11.5 Å². The number of carbonyl (C=O) groups excluding carboxylic acids is 1. The minimum atomic E-state index is -1.15. The zero-order valence-electron chi connectivity index (χ0n) is 26.7. The lowest BCUT2D eigenvalue weighted by Gasteiger charge is -2.20. The van der Waals surface area contributed by atoms with Crippen molar-refractivity contribution in [1.29, 1.82) is 0 Å². The summed E-state index contributed by atoms with van der Waals surface area (Å²) in [4.78, 5) is 18.7. The number of ether oxygens (including phenoxy) is 3. The lowest BCUT2D eigenvalue weighted by molar-refractivity contribution is -0.137. The molecular formula is C35H36N6O5S2. The van der Waals surface area contributed by atoms with Gasteiger partial charge in [0.15, 0.2) is 0 Å². The second kappa shape index (κ2) is 17.3. The van der Waals surface area contributed by atoms with Crippen LogP contribution < -0.4 is 14.4 Å². The molecule has 13 heteroatoms. The number of esters is 1. The zero-order valence-corrected chi connectivity index (χ0v) is 28.3. The number of hydrogen-bond acceptors (Lipinski definition) is 13. The average molecular weight is 685 g/mol. The maximum atomic E-state index is 11.0. The molecule has 0 saturated heterocycles. The van der Waals surface area contributed by atoms with Crippen molar-refractivity contribution < 1.29 is 24.1 Å². The first kappa shape index (κ1) is 34.4. The molecule has 0 aliphatic rings. The fourth-order valence-electron chi connectivity index (χ4n) is 4.47. The van der Waals surface area contributed by atoms with Crippen LogP contribution in [-0.2, 0) is 9.53 Å². The smallest absolute Gasteiger partial charge is 0.330 e. The van der Waals surface area contributed by atoms with Crippen molar-refractivity contribution in [2.45, 2.75) is 33.0 Å². The Morgan fingerprint density at radius 1 is 0.875 bits per heavy atom. The third kappa shape index (κ3) is 9.77. The van der Waals surface area contributed by atoms with Gasteiger partial charge >= 0.3 is 5.97 Å². The molecule has 0 fully saturated rings. The second-order valence-electron chi connectivity index (χ2n) is 10.3. The summed E-state index contributed by atoms with van der Waals surface area (Å²) >= 11 is 2.89. The molecule has 1 N–H and O–H groups in total. The van der Waals surface area contributed by atoms with Gasteiger partial charge in [-0.05, 0) is 106 Å². The zero-order chi connectivity index (χ0) is 33.7. The van der Waals surface area contributed by atoms with Gasteiger partial charge in [-0.25, -0.2) is 9.78 Å². The van der Waals surface area contributed by atoms with Gasteiger partial charge in [0, 0.05) is 30.4 Å². The molecule has 1 atom stereocenters. The van der Waals surface area contributed by atoms with Gasteiger partial charge in [-0.3, -0.25) is 0 Å². The Kier molecular flexibility index (Phi) is 12.3. The lowest BCUT2D eigenvalue weighted by atomic mass is 10.2. The highest BCUT2D eigenvalue weighted by Gasteiger charge is 2.11. The van der Waals surface area contributed by atoms with E-state index in [1.807, 2.05) is 18.2 Å². The molecule has 3 aromatic carbocycles. The number of aliphatic hydroxyl groups is 1. The van der Waals surface area contributed by atoms with Crippen LogP contribution in [0.1, 0.15) is 38.5 Å². The van der Waals surface area contributed by atoms with Gasteiger partial charge in [0.1, 0.15) is 21.3 Å². The van der Waals surface area contributed by atoms with Gasteiger partial charge in [-0.15, -0.1) is 20.5 Å². The van der Waals surface area contributed by atoms with Gasteiger partial charge in [-0.1, -0.05) is 29.3 Å². The van der Waals surface area contributed by atoms with Gasteiger partial charge in [0.2, 0.25) is 11.4 Å². The molecule has 0 aliphatic carbocycles. The van der Waals surface area contributed by atoms with Crippen LogP contribution in [0.4, 0.5) is 27.2 Å². The van der Waals surface area contributed by atoms with Crippen molar-refractivity contribution in [3.63, 3.8) is 0 Å². The number of unbranched alkanes of at least 4 members (excludes halogenated alkanes) is 1. The first-order valence-corrected chi connectivity index (χ1v) is 17.1. The number of nitrogens with zero attached hydrogens (tertiary/aromatic N) is 6. The first-order valence-electron chi connectivity index (χ1n) is 15.5. The van der Waals surface area contributed by atoms with Gasteiger partial charge < -0.3 is 24.2 Å². The molecule has 0 radical (unpaired) electrons. The van der Waals surface area contributed by atoms with Gasteiger partial charge in [-0.2, -0.15) is 0 Å². The van der Waals surface area contributed by atoms with Crippen molar-refractivity contribution in [2.75, 3.05) is 31.2 Å². The molecule has 0 aliphatic heterocycles. The molecule has 2 heterocycles. The number of aliphatic hydroxyl groups excluding tert-OH is 1. The van der Waals surface area contributed by atoms with E-state index in [-0.39, 0.29) is 0 Å². The molecule has 248 valence electrons. The summed E-state index contributed by atoms with van der Waals surface area (Å²) in [7, 11) is 0. The first-order chi connectivity index (χ1) is 23.4. The number of fused-ring (bicyclic) bond motifs is 1. The van der Waals surface area contributed by atoms with E-state index >= 15 is 0 Å². The minimum absolute atomic E-state index is 0.329. The predicted molar refractivity (Wildman–Crippen MR) is 190 cm³/mol. The van der Waals surface area contributed by atoms with Crippen LogP contribution in [0.2, 0.25) is 0 Å². The highest BCUT2D eigenvalue weighted by Crippen LogP contribution is 2.39. The average Bonchev–Trinajstić information content (AvgIpc) is 3.68. The number of anilines is 1. The maximum Gasteiger partial charge on any atom is 0.330 e. The second-order valence-corrected chi connectivity index (χ2v) is 12.3. The van der Waals surface area contributed by atoms with E-state index in [0.29, 0.717) is 47.5 Å². The van der Waals surface area contributed by atoms with E-state index in [1.165, 1.54) is 28.4 Å². The molecule has 48 heavy (non-hydrogen) atoms. The fraction of sp³-hybridized carbons (Fsp3) is 0.257. The SMILES string of the molecule is C=CC(=O)OCCCCOc1ccc(C(O)Oc2ccc(N=Nc3cc4sc(N=Nc5ccc(N(CC)CC)cc5)nc4s3)cc2)cc1. The Balaban J connectivity index is 1.08. The molecule has 2 aromatic heterocycles. The fourth-order valence-corrected chi connectivity index (χ4v) is 6.32. The van der Waals surface area contributed by atoms with Gasteiger partial charge in [0.05, 0.1) is 29.3 Å². The van der Waals surface area contributed by atoms with E-state index in [4.69, 9.17) is 14.2 Å². The molecule has 5 aromatic rings. The quantitative estimate of drug-likeness (QED) is 0.0339. The van der Waals surface area contributed by atoms with Crippen molar-refractivity contribution in [1.82, 2.24) is 4.98 Å². The van der Waals surface area contributed by atoms with Crippen LogP contribution in [0.15, 0.2) is 112 Å². The van der Waals surface area contributed by atoms with Crippen LogP contribution in [-0.4, -0.2) is 42.4 Å². The van der Waals surface area contributed by atoms with Crippen LogP contribution in [0, 0.1) is 0 Å². The van der Waals surface area contributed by atoms with Crippen molar-refractivity contribution in [2.24, 2.45) is 20.5 Å². The van der Waals surface area contributed by atoms with E-state index < -0.39 is 12.3 Å². The largest absolute Gasteiger partial charge is 0.494 e. The summed E-state index contributed by atoms with van der Waals surface area (Å²) in [5, 5.41) is 29.2. The molecule has 0 bridgehead atoms. The lowest BCUT2D eigenvalue weighted by Crippen LogP contribution is -2.21. The number of thiophene rings is 1. The number of rotatable bonds is 17. The van der Waals surface area contributed by atoms with Crippen LogP contribution >= 0.6 is 22.7 Å². The van der Waals surface area contributed by atoms with E-state index in [0.717, 1.165) is 45.8 Å². The van der Waals surface area contributed by atoms with Crippen LogP contribution in [0.25, 0.3) is 9.53 Å². The minimum Gasteiger partial charge on any atom is -0.494 e. The topological polar surface area (TPSA) is 131 Å². The van der Waals surface area contributed by atoms with E-state index in [9.17, 15) is 9.90 Å². The highest BCUT2D eigenvalue weighted by atomic mass is 32.1. The number of hydrogen-bond donors (Lipinski definition) is 1. The number of thiazole rings is 1. The van der Waals surface area contributed by atoms with Crippen LogP contribution in [0.3, 0.4) is 0 Å². The van der Waals surface area contributed by atoms with Crippen molar-refractivity contribution in [3.05, 3.63) is 97.1 Å². The Morgan fingerprint density at radius 2 is 1.52 bits per heavy atom. The summed E-state index contributed by atoms with van der Waals surface area (Å²) in [6, 6.07) is 24.0. The molecular weight excluding hydrogens is 649 g/mol. The van der Waals surface area contributed by atoms with E-state index in [2.05, 4.69) is 62.9 Å². The number of azo groups is 2. The van der Waals surface area contributed by atoms with E-state index in [1.54, 1.807) is 48.5 Å². The molecule has 1 unspecified atom stereocenters. The standard InChI is InChI=1S/C35H36N6O5S2/c1-4-32(42)45-22-8-7-21-44-28-17-9-24(10-18-28)34(43)46-29-19-13-26(14-20-29)37-39-31-23-30-33(48-31)36-35(47-30)40-38-25-11-15-27(16-12-25)41(5-2)6-3/h4,9-20,23,34,43H,1,5-8,21-22H2,2-3H3. The molecule has 11 nitrogen and oxygen atoms in total. The Morgan fingerprint density at radius 3 is 2.19 bits per heavy atom. The Labute approximate surface area is 286 Å². The third-order valence-electron chi connectivity index (χ3n) is 7.03. The summed E-state index contributed by atoms with van der Waals surface area (Å²) in [6.07, 6.45) is 1.42. The summed E-state index contributed by atoms with van der Waals surface area (Å²) in [5.74, 6) is 0.731. The molecule has 0 amide bonds. The normalized spacial score (nSPS) is 12.1. The molecule has 5 rings (SSSR count). The third-order valence-corrected chi connectivity index (χ3v) is 8.96. The highest BCUT2D eigenvalue weighted by molar-refractivity contribution is 7.30. The van der Waals surface area contributed by atoms with Gasteiger partial charge in [0.25, 0.3) is 0 Å². The summed E-state index contributed by atoms with van der Waals surface area (Å²) in [5.41, 5.74) is 3.17. The molecule has 0 saturated carbocycles. The Bertz CT molecular complexity index is 1800.